The van der Waals surface area contributed by atoms with Crippen molar-refractivity contribution in [2.24, 2.45) is 0 Å². The fourth-order valence-electron chi connectivity index (χ4n) is 9.67. The molecule has 11 rings (SSSR count). The lowest BCUT2D eigenvalue weighted by atomic mass is 9.98. The van der Waals surface area contributed by atoms with E-state index in [0.29, 0.717) is 50.4 Å². The van der Waals surface area contributed by atoms with Crippen LogP contribution in [-0.4, -0.2) is 27.6 Å². The summed E-state index contributed by atoms with van der Waals surface area (Å²) in [4.78, 5) is 15.2. The van der Waals surface area contributed by atoms with Crippen molar-refractivity contribution in [1.82, 2.24) is 19.5 Å². The van der Waals surface area contributed by atoms with Crippen LogP contribution in [0.1, 0.15) is 11.1 Å². The minimum absolute atomic E-state index is 0.0832. The number of halogens is 6. The van der Waals surface area contributed by atoms with E-state index in [1.165, 1.54) is 32.3 Å². The van der Waals surface area contributed by atoms with Gasteiger partial charge in [-0.3, -0.25) is 0 Å². The Morgan fingerprint density at radius 3 is 1.17 bits per heavy atom. The van der Waals surface area contributed by atoms with Crippen LogP contribution >= 0.6 is 0 Å². The molecular formula is C59H38F6N4Si. The molecule has 0 aliphatic heterocycles. The smallest absolute Gasteiger partial charge is 0.309 e. The molecule has 340 valence electrons. The number of fused-ring (bicyclic) bond motifs is 3. The minimum Gasteiger partial charge on any atom is -0.309 e. The van der Waals surface area contributed by atoms with E-state index >= 15 is 0 Å². The lowest BCUT2D eigenvalue weighted by molar-refractivity contribution is -0.138. The molecule has 0 spiro atoms. The number of aromatic nitrogens is 4. The molecule has 2 aromatic heterocycles. The van der Waals surface area contributed by atoms with E-state index in [-0.39, 0.29) is 16.9 Å². The summed E-state index contributed by atoms with van der Waals surface area (Å²) in [7, 11) is -3.05. The van der Waals surface area contributed by atoms with E-state index in [2.05, 4.69) is 84.9 Å². The summed E-state index contributed by atoms with van der Waals surface area (Å²) in [5, 5.41) is 5.30. The third-order valence-electron chi connectivity index (χ3n) is 12.9. The molecule has 0 atom stereocenters. The fourth-order valence-corrected chi connectivity index (χ4v) is 14.5. The summed E-state index contributed by atoms with van der Waals surface area (Å²) in [6, 6.07) is 70.6. The number of hydrogen-bond acceptors (Lipinski definition) is 3. The molecular weight excluding hydrogens is 907 g/mol. The van der Waals surface area contributed by atoms with Crippen LogP contribution in [0.4, 0.5) is 26.3 Å². The highest BCUT2D eigenvalue weighted by Crippen LogP contribution is 2.42. The van der Waals surface area contributed by atoms with Crippen molar-refractivity contribution in [3.8, 4) is 51.0 Å². The van der Waals surface area contributed by atoms with Gasteiger partial charge >= 0.3 is 12.4 Å². The molecule has 0 bridgehead atoms. The van der Waals surface area contributed by atoms with E-state index in [1.807, 2.05) is 97.1 Å². The largest absolute Gasteiger partial charge is 0.416 e. The number of rotatable bonds is 9. The van der Waals surface area contributed by atoms with Crippen molar-refractivity contribution in [3.63, 3.8) is 0 Å². The van der Waals surface area contributed by atoms with Crippen LogP contribution in [0, 0.1) is 0 Å². The van der Waals surface area contributed by atoms with E-state index in [4.69, 9.17) is 15.0 Å². The maximum atomic E-state index is 14.5. The Kier molecular flexibility index (Phi) is 11.1. The molecule has 9 aromatic carbocycles. The molecule has 0 fully saturated rings. The van der Waals surface area contributed by atoms with Gasteiger partial charge in [0, 0.05) is 33.2 Å². The Morgan fingerprint density at radius 1 is 0.329 bits per heavy atom. The van der Waals surface area contributed by atoms with E-state index in [1.54, 1.807) is 12.1 Å². The molecule has 0 saturated heterocycles. The van der Waals surface area contributed by atoms with Gasteiger partial charge in [-0.05, 0) is 68.3 Å². The molecule has 0 N–H and O–H groups in total. The van der Waals surface area contributed by atoms with Gasteiger partial charge in [0.15, 0.2) is 25.5 Å². The molecule has 0 radical (unpaired) electrons. The fraction of sp³-hybridized carbons (Fsp3) is 0.0339. The predicted octanol–water partition coefficient (Wildman–Crippen LogP) is 13.1. The van der Waals surface area contributed by atoms with E-state index in [9.17, 15) is 26.3 Å². The first-order chi connectivity index (χ1) is 34.0. The van der Waals surface area contributed by atoms with Crippen LogP contribution in [0.3, 0.4) is 0 Å². The third kappa shape index (κ3) is 7.93. The molecule has 70 heavy (non-hydrogen) atoms. The highest BCUT2D eigenvalue weighted by molar-refractivity contribution is 7.19. The van der Waals surface area contributed by atoms with Crippen molar-refractivity contribution >= 4 is 50.6 Å². The molecule has 0 amide bonds. The maximum absolute atomic E-state index is 14.5. The van der Waals surface area contributed by atoms with E-state index in [0.717, 1.165) is 35.0 Å². The Morgan fingerprint density at radius 2 is 0.729 bits per heavy atom. The molecule has 4 nitrogen and oxygen atoms in total. The van der Waals surface area contributed by atoms with Gasteiger partial charge in [0.2, 0.25) is 0 Å². The van der Waals surface area contributed by atoms with Gasteiger partial charge in [-0.15, -0.1) is 0 Å². The van der Waals surface area contributed by atoms with Gasteiger partial charge < -0.3 is 4.57 Å². The van der Waals surface area contributed by atoms with Gasteiger partial charge in [0.1, 0.15) is 0 Å². The van der Waals surface area contributed by atoms with Crippen LogP contribution in [0.25, 0.3) is 72.8 Å². The second-order valence-corrected chi connectivity index (χ2v) is 20.8. The SMILES string of the molecule is FC(F)(F)c1ccc2c3ccc(C(F)(F)F)cc3n(-c3ccc(-c4cccc([Si](c5ccccc5)(c5ccccc5)c5ccccc5)c4)c(-c4nc(-c5ccccc5)nc(-c5ccccc5)n4)c3)c2c1. The molecule has 0 unspecified atom stereocenters. The van der Waals surface area contributed by atoms with Crippen LogP contribution in [0.5, 0.6) is 0 Å². The first kappa shape index (κ1) is 44.1. The Balaban J connectivity index is 1.23. The average Bonchev–Trinajstić information content (AvgIpc) is 3.73. The lowest BCUT2D eigenvalue weighted by Gasteiger charge is -2.34. The monoisotopic (exact) mass is 944 g/mol. The van der Waals surface area contributed by atoms with Crippen LogP contribution < -0.4 is 20.7 Å². The summed E-state index contributed by atoms with van der Waals surface area (Å²) in [6.45, 7) is 0. The quantitative estimate of drug-likeness (QED) is 0.0823. The van der Waals surface area contributed by atoms with Crippen molar-refractivity contribution < 1.29 is 26.3 Å². The molecule has 2 heterocycles. The van der Waals surface area contributed by atoms with Gasteiger partial charge in [-0.1, -0.05) is 194 Å². The molecule has 0 aliphatic carbocycles. The number of nitrogens with zero attached hydrogens (tertiary/aromatic N) is 4. The summed E-state index contributed by atoms with van der Waals surface area (Å²) in [6.07, 6.45) is -9.45. The van der Waals surface area contributed by atoms with Gasteiger partial charge in [0.25, 0.3) is 0 Å². The Hall–Kier alpha value is -8.41. The highest BCUT2D eigenvalue weighted by Gasteiger charge is 2.41. The molecule has 11 aromatic rings. The van der Waals surface area contributed by atoms with Crippen molar-refractivity contribution in [3.05, 3.63) is 242 Å². The Bertz CT molecular complexity index is 3450. The van der Waals surface area contributed by atoms with Crippen LogP contribution in [-0.2, 0) is 12.4 Å². The normalized spacial score (nSPS) is 12.1. The van der Waals surface area contributed by atoms with Crippen molar-refractivity contribution in [2.75, 3.05) is 0 Å². The first-order valence-corrected chi connectivity index (χ1v) is 24.5. The maximum Gasteiger partial charge on any atom is 0.416 e. The van der Waals surface area contributed by atoms with Gasteiger partial charge in [0.05, 0.1) is 22.2 Å². The number of alkyl halides is 6. The van der Waals surface area contributed by atoms with Crippen molar-refractivity contribution in [1.29, 1.82) is 0 Å². The third-order valence-corrected chi connectivity index (χ3v) is 17.6. The summed E-state index contributed by atoms with van der Waals surface area (Å²) in [5.74, 6) is 1.000. The lowest BCUT2D eigenvalue weighted by Crippen LogP contribution is -2.74. The zero-order chi connectivity index (χ0) is 48.0. The van der Waals surface area contributed by atoms with E-state index < -0.39 is 31.6 Å². The second kappa shape index (κ2) is 17.6. The zero-order valence-corrected chi connectivity index (χ0v) is 38.0. The number of benzene rings is 9. The van der Waals surface area contributed by atoms with Gasteiger partial charge in [-0.25, -0.2) is 15.0 Å². The zero-order valence-electron chi connectivity index (χ0n) is 37.0. The summed E-state index contributed by atoms with van der Waals surface area (Å²) < 4.78 is 88.3. The first-order valence-electron chi connectivity index (χ1n) is 22.5. The minimum atomic E-state index is -4.73. The van der Waals surface area contributed by atoms with Crippen LogP contribution in [0.15, 0.2) is 231 Å². The summed E-state index contributed by atoms with van der Waals surface area (Å²) in [5.41, 5.74) is 1.98. The van der Waals surface area contributed by atoms with Crippen molar-refractivity contribution in [2.45, 2.75) is 12.4 Å². The predicted molar refractivity (Wildman–Crippen MR) is 270 cm³/mol. The standard InChI is InChI=1S/C59H38F6N4Si/c60-58(61,62)42-29-32-50-51-33-30-43(59(63,64)65)37-54(51)69(53(50)36-42)44-31-34-49(52(38-44)57-67-55(39-17-6-1-7-18-39)66-56(68-57)40-19-8-2-9-20-40)41-21-16-28-48(35-41)70(45-22-10-3-11-23-45,46-24-12-4-13-25-46)47-26-14-5-15-27-47/h1-38H. The molecule has 0 saturated carbocycles. The number of hydrogen-bond donors (Lipinski definition) is 0. The van der Waals surface area contributed by atoms with Gasteiger partial charge in [-0.2, -0.15) is 26.3 Å². The average molecular weight is 945 g/mol. The molecule has 0 aliphatic rings. The second-order valence-electron chi connectivity index (χ2n) is 17.0. The topological polar surface area (TPSA) is 43.6 Å². The molecule has 11 heteroatoms. The summed E-state index contributed by atoms with van der Waals surface area (Å²) >= 11 is 0. The highest BCUT2D eigenvalue weighted by atomic mass is 28.3. The van der Waals surface area contributed by atoms with Crippen LogP contribution in [0.2, 0.25) is 0 Å². The Labute approximate surface area is 399 Å².